The van der Waals surface area contributed by atoms with E-state index < -0.39 is 10.0 Å². The number of hydrogen-bond acceptors (Lipinski definition) is 3. The van der Waals surface area contributed by atoms with Crippen molar-refractivity contribution in [1.29, 1.82) is 0 Å². The third-order valence-corrected chi connectivity index (χ3v) is 6.03. The Morgan fingerprint density at radius 2 is 1.83 bits per heavy atom. The summed E-state index contributed by atoms with van der Waals surface area (Å²) < 4.78 is 26.6. The van der Waals surface area contributed by atoms with Gasteiger partial charge in [0.15, 0.2) is 0 Å². The Morgan fingerprint density at radius 1 is 1.26 bits per heavy atom. The standard InChI is InChI=1S/C16H23ClN2O3S/c1-12(2)11-16(20)18-14-7-9-19(10-8-14)23(21,22)15-5-3-13(17)4-6-15/h3-6,12,14H,7-11H2,1-2H3,(H,18,20). The highest BCUT2D eigenvalue weighted by molar-refractivity contribution is 7.89. The van der Waals surface area contributed by atoms with Crippen LogP contribution in [0.2, 0.25) is 5.02 Å². The molecule has 1 amide bonds. The van der Waals surface area contributed by atoms with Gasteiger partial charge in [-0.1, -0.05) is 25.4 Å². The summed E-state index contributed by atoms with van der Waals surface area (Å²) in [4.78, 5) is 12.1. The Kier molecular flexibility index (Phi) is 6.06. The first kappa shape index (κ1) is 18.2. The molecule has 0 radical (unpaired) electrons. The molecule has 128 valence electrons. The van der Waals surface area contributed by atoms with Gasteiger partial charge in [0.1, 0.15) is 0 Å². The molecule has 5 nitrogen and oxygen atoms in total. The van der Waals surface area contributed by atoms with E-state index in [2.05, 4.69) is 5.32 Å². The van der Waals surface area contributed by atoms with Gasteiger partial charge in [-0.2, -0.15) is 4.31 Å². The van der Waals surface area contributed by atoms with Crippen LogP contribution in [0.5, 0.6) is 0 Å². The molecule has 0 spiro atoms. The van der Waals surface area contributed by atoms with Crippen molar-refractivity contribution in [2.45, 2.75) is 44.0 Å². The monoisotopic (exact) mass is 358 g/mol. The Hall–Kier alpha value is -1.11. The van der Waals surface area contributed by atoms with E-state index in [0.717, 1.165) is 0 Å². The van der Waals surface area contributed by atoms with Crippen molar-refractivity contribution in [2.24, 2.45) is 5.92 Å². The van der Waals surface area contributed by atoms with E-state index in [9.17, 15) is 13.2 Å². The van der Waals surface area contributed by atoms with Crippen molar-refractivity contribution in [3.63, 3.8) is 0 Å². The van der Waals surface area contributed by atoms with Crippen LogP contribution in [0.1, 0.15) is 33.1 Å². The molecule has 0 bridgehead atoms. The third kappa shape index (κ3) is 4.93. The summed E-state index contributed by atoms with van der Waals surface area (Å²) in [6.07, 6.45) is 1.77. The smallest absolute Gasteiger partial charge is 0.243 e. The molecule has 0 aromatic heterocycles. The summed E-state index contributed by atoms with van der Waals surface area (Å²) >= 11 is 5.80. The predicted octanol–water partition coefficient (Wildman–Crippen LogP) is 2.66. The number of carbonyl (C=O) groups excluding carboxylic acids is 1. The SMILES string of the molecule is CC(C)CC(=O)NC1CCN(S(=O)(=O)c2ccc(Cl)cc2)CC1. The van der Waals surface area contributed by atoms with Gasteiger partial charge < -0.3 is 5.32 Å². The van der Waals surface area contributed by atoms with Crippen molar-refractivity contribution in [2.75, 3.05) is 13.1 Å². The summed E-state index contributed by atoms with van der Waals surface area (Å²) in [5.74, 6) is 0.361. The van der Waals surface area contributed by atoms with Gasteiger partial charge in [-0.15, -0.1) is 0 Å². The molecule has 0 saturated carbocycles. The van der Waals surface area contributed by atoms with E-state index in [-0.39, 0.29) is 16.8 Å². The van der Waals surface area contributed by atoms with Crippen LogP contribution in [0, 0.1) is 5.92 Å². The van der Waals surface area contributed by atoms with E-state index >= 15 is 0 Å². The maximum absolute atomic E-state index is 12.6. The van der Waals surface area contributed by atoms with Gasteiger partial charge in [0, 0.05) is 30.6 Å². The van der Waals surface area contributed by atoms with Crippen LogP contribution >= 0.6 is 11.6 Å². The Morgan fingerprint density at radius 3 is 2.35 bits per heavy atom. The number of benzene rings is 1. The number of hydrogen-bond donors (Lipinski definition) is 1. The second-order valence-corrected chi connectivity index (χ2v) is 8.67. The van der Waals surface area contributed by atoms with Crippen molar-refractivity contribution in [1.82, 2.24) is 9.62 Å². The lowest BCUT2D eigenvalue weighted by molar-refractivity contribution is -0.122. The first-order chi connectivity index (χ1) is 10.8. The molecule has 0 unspecified atom stereocenters. The van der Waals surface area contributed by atoms with Gasteiger partial charge in [-0.25, -0.2) is 8.42 Å². The van der Waals surface area contributed by atoms with Gasteiger partial charge in [-0.3, -0.25) is 4.79 Å². The number of carbonyl (C=O) groups is 1. The fourth-order valence-electron chi connectivity index (χ4n) is 2.65. The molecule has 1 saturated heterocycles. The van der Waals surface area contributed by atoms with E-state index in [4.69, 9.17) is 11.6 Å². The highest BCUT2D eigenvalue weighted by Crippen LogP contribution is 2.22. The van der Waals surface area contributed by atoms with Crippen LogP contribution in [-0.2, 0) is 14.8 Å². The second kappa shape index (κ2) is 7.64. The van der Waals surface area contributed by atoms with Crippen molar-refractivity contribution >= 4 is 27.5 Å². The van der Waals surface area contributed by atoms with Gasteiger partial charge in [-0.05, 0) is 43.0 Å². The zero-order chi connectivity index (χ0) is 17.0. The molecule has 1 N–H and O–H groups in total. The zero-order valence-electron chi connectivity index (χ0n) is 13.5. The molecule has 1 heterocycles. The molecule has 1 fully saturated rings. The maximum Gasteiger partial charge on any atom is 0.243 e. The number of nitrogens with zero attached hydrogens (tertiary/aromatic N) is 1. The lowest BCUT2D eigenvalue weighted by Crippen LogP contribution is -2.46. The molecule has 7 heteroatoms. The highest BCUT2D eigenvalue weighted by atomic mass is 35.5. The van der Waals surface area contributed by atoms with Crippen LogP contribution in [0.15, 0.2) is 29.2 Å². The number of halogens is 1. The lowest BCUT2D eigenvalue weighted by atomic mass is 10.1. The lowest BCUT2D eigenvalue weighted by Gasteiger charge is -2.31. The Balaban J connectivity index is 1.93. The minimum Gasteiger partial charge on any atom is -0.353 e. The van der Waals surface area contributed by atoms with Crippen molar-refractivity contribution < 1.29 is 13.2 Å². The molecule has 2 rings (SSSR count). The Bertz CT molecular complexity index is 636. The van der Waals surface area contributed by atoms with Gasteiger partial charge in [0.25, 0.3) is 0 Å². The van der Waals surface area contributed by atoms with E-state index in [1.54, 1.807) is 12.1 Å². The second-order valence-electron chi connectivity index (χ2n) is 6.30. The topological polar surface area (TPSA) is 66.5 Å². The number of nitrogens with one attached hydrogen (secondary N) is 1. The molecule has 23 heavy (non-hydrogen) atoms. The quantitative estimate of drug-likeness (QED) is 0.879. The van der Waals surface area contributed by atoms with E-state index in [0.29, 0.717) is 43.3 Å². The first-order valence-corrected chi connectivity index (χ1v) is 9.66. The van der Waals surface area contributed by atoms with Crippen molar-refractivity contribution in [3.05, 3.63) is 29.3 Å². The van der Waals surface area contributed by atoms with Gasteiger partial charge in [0.2, 0.25) is 15.9 Å². The van der Waals surface area contributed by atoms with E-state index in [1.807, 2.05) is 13.8 Å². The molecular weight excluding hydrogens is 336 g/mol. The van der Waals surface area contributed by atoms with Gasteiger partial charge >= 0.3 is 0 Å². The molecule has 0 atom stereocenters. The number of amides is 1. The third-order valence-electron chi connectivity index (χ3n) is 3.86. The van der Waals surface area contributed by atoms with Crippen LogP contribution in [0.25, 0.3) is 0 Å². The molecule has 1 aromatic carbocycles. The fourth-order valence-corrected chi connectivity index (χ4v) is 4.25. The van der Waals surface area contributed by atoms with Crippen LogP contribution in [0.3, 0.4) is 0 Å². The average molecular weight is 359 g/mol. The number of piperidine rings is 1. The minimum atomic E-state index is -3.49. The summed E-state index contributed by atoms with van der Waals surface area (Å²) in [7, 11) is -3.49. The summed E-state index contributed by atoms with van der Waals surface area (Å²) in [5, 5.41) is 3.50. The summed E-state index contributed by atoms with van der Waals surface area (Å²) in [6.45, 7) is 4.83. The summed E-state index contributed by atoms with van der Waals surface area (Å²) in [5.41, 5.74) is 0. The molecule has 1 aliphatic rings. The fraction of sp³-hybridized carbons (Fsp3) is 0.562. The average Bonchev–Trinajstić information content (AvgIpc) is 2.47. The predicted molar refractivity (Wildman–Crippen MR) is 90.8 cm³/mol. The Labute approximate surface area is 143 Å². The zero-order valence-corrected chi connectivity index (χ0v) is 15.0. The molecule has 0 aliphatic carbocycles. The van der Waals surface area contributed by atoms with Crippen molar-refractivity contribution in [3.8, 4) is 0 Å². The van der Waals surface area contributed by atoms with Crippen LogP contribution in [-0.4, -0.2) is 37.8 Å². The number of sulfonamides is 1. The molecular formula is C16H23ClN2O3S. The number of rotatable bonds is 5. The van der Waals surface area contributed by atoms with Crippen LogP contribution < -0.4 is 5.32 Å². The highest BCUT2D eigenvalue weighted by Gasteiger charge is 2.29. The van der Waals surface area contributed by atoms with Crippen LogP contribution in [0.4, 0.5) is 0 Å². The maximum atomic E-state index is 12.6. The van der Waals surface area contributed by atoms with E-state index in [1.165, 1.54) is 16.4 Å². The summed E-state index contributed by atoms with van der Waals surface area (Å²) in [6, 6.07) is 6.25. The normalized spacial score (nSPS) is 17.4. The first-order valence-electron chi connectivity index (χ1n) is 7.84. The largest absolute Gasteiger partial charge is 0.353 e. The minimum absolute atomic E-state index is 0.0407. The molecule has 1 aliphatic heterocycles. The molecule has 1 aromatic rings. The van der Waals surface area contributed by atoms with Gasteiger partial charge in [0.05, 0.1) is 4.90 Å².